The lowest BCUT2D eigenvalue weighted by Crippen LogP contribution is -1.97. The number of aromatic nitrogens is 1. The molecule has 3 rings (SSSR count). The molecule has 4 nitrogen and oxygen atoms in total. The summed E-state index contributed by atoms with van der Waals surface area (Å²) in [5, 5.41) is 7.07. The lowest BCUT2D eigenvalue weighted by atomic mass is 10.2. The summed E-state index contributed by atoms with van der Waals surface area (Å²) in [6.45, 7) is 2.97. The fourth-order valence-corrected chi connectivity index (χ4v) is 3.09. The first-order valence-corrected chi connectivity index (χ1v) is 9.76. The van der Waals surface area contributed by atoms with Crippen LogP contribution in [-0.4, -0.2) is 17.8 Å². The second-order valence-electron chi connectivity index (χ2n) is 5.90. The van der Waals surface area contributed by atoms with Gasteiger partial charge >= 0.3 is 0 Å². The molecule has 0 spiro atoms. The van der Waals surface area contributed by atoms with Crippen molar-refractivity contribution in [2.45, 2.75) is 26.2 Å². The summed E-state index contributed by atoms with van der Waals surface area (Å²) in [7, 11) is 0. The van der Waals surface area contributed by atoms with Crippen LogP contribution < -0.4 is 10.2 Å². The maximum atomic E-state index is 5.71. The molecule has 0 atom stereocenters. The van der Waals surface area contributed by atoms with Crippen LogP contribution in [0.1, 0.15) is 31.7 Å². The van der Waals surface area contributed by atoms with Crippen molar-refractivity contribution in [3.8, 4) is 17.0 Å². The Kier molecular flexibility index (Phi) is 6.79. The summed E-state index contributed by atoms with van der Waals surface area (Å²) in [6, 6.07) is 18.1. The van der Waals surface area contributed by atoms with Crippen LogP contribution in [0.25, 0.3) is 11.3 Å². The molecular formula is C21H23N3OS. The van der Waals surface area contributed by atoms with Gasteiger partial charge in [0.15, 0.2) is 0 Å². The Morgan fingerprint density at radius 2 is 1.88 bits per heavy atom. The summed E-state index contributed by atoms with van der Waals surface area (Å²) in [4.78, 5) is 4.55. The molecule has 1 heterocycles. The number of nitrogens with zero attached hydrogens (tertiary/aromatic N) is 2. The highest BCUT2D eigenvalue weighted by molar-refractivity contribution is 7.14. The smallest absolute Gasteiger partial charge is 0.203 e. The number of unbranched alkanes of at least 4 members (excludes halogenated alkanes) is 2. The summed E-state index contributed by atoms with van der Waals surface area (Å²) in [5.74, 6) is 0.902. The van der Waals surface area contributed by atoms with E-state index in [2.05, 4.69) is 22.4 Å². The van der Waals surface area contributed by atoms with Gasteiger partial charge in [0, 0.05) is 10.9 Å². The largest absolute Gasteiger partial charge is 0.494 e. The Morgan fingerprint density at radius 1 is 1.08 bits per heavy atom. The number of ether oxygens (including phenoxy) is 1. The molecule has 26 heavy (non-hydrogen) atoms. The van der Waals surface area contributed by atoms with Crippen molar-refractivity contribution >= 4 is 22.7 Å². The number of thiazole rings is 1. The van der Waals surface area contributed by atoms with Crippen LogP contribution in [0, 0.1) is 0 Å². The zero-order chi connectivity index (χ0) is 18.0. The number of hydrogen-bond donors (Lipinski definition) is 1. The number of rotatable bonds is 9. The monoisotopic (exact) mass is 365 g/mol. The molecule has 3 aromatic rings. The molecule has 0 aliphatic rings. The minimum Gasteiger partial charge on any atom is -0.494 e. The number of hydrogen-bond acceptors (Lipinski definition) is 5. The summed E-state index contributed by atoms with van der Waals surface area (Å²) in [5.41, 5.74) is 6.07. The highest BCUT2D eigenvalue weighted by atomic mass is 32.1. The molecule has 1 N–H and O–H groups in total. The van der Waals surface area contributed by atoms with E-state index in [1.807, 2.05) is 60.0 Å². The van der Waals surface area contributed by atoms with Crippen molar-refractivity contribution in [3.05, 3.63) is 65.5 Å². The van der Waals surface area contributed by atoms with Gasteiger partial charge in [-0.05, 0) is 36.2 Å². The van der Waals surface area contributed by atoms with Crippen LogP contribution in [0.3, 0.4) is 0 Å². The number of hydrazone groups is 1. The van der Waals surface area contributed by atoms with Crippen LogP contribution >= 0.6 is 11.3 Å². The van der Waals surface area contributed by atoms with Gasteiger partial charge in [-0.3, -0.25) is 5.43 Å². The number of benzene rings is 2. The zero-order valence-corrected chi connectivity index (χ0v) is 15.7. The minimum atomic E-state index is 0.774. The average Bonchev–Trinajstić information content (AvgIpc) is 3.16. The van der Waals surface area contributed by atoms with Gasteiger partial charge in [-0.2, -0.15) is 5.10 Å². The number of anilines is 1. The summed E-state index contributed by atoms with van der Waals surface area (Å²) in [6.07, 6.45) is 5.30. The highest BCUT2D eigenvalue weighted by Gasteiger charge is 2.02. The maximum Gasteiger partial charge on any atom is 0.203 e. The van der Waals surface area contributed by atoms with Gasteiger partial charge in [-0.1, -0.05) is 50.1 Å². The van der Waals surface area contributed by atoms with Crippen molar-refractivity contribution in [2.75, 3.05) is 12.0 Å². The Labute approximate surface area is 158 Å². The van der Waals surface area contributed by atoms with Crippen LogP contribution in [0.2, 0.25) is 0 Å². The Bertz CT molecular complexity index is 813. The predicted octanol–water partition coefficient (Wildman–Crippen LogP) is 5.83. The van der Waals surface area contributed by atoms with E-state index in [0.29, 0.717) is 0 Å². The number of nitrogens with one attached hydrogen (secondary N) is 1. The minimum absolute atomic E-state index is 0.774. The molecule has 0 aliphatic heterocycles. The predicted molar refractivity (Wildman–Crippen MR) is 110 cm³/mol. The molecule has 0 saturated carbocycles. The lowest BCUT2D eigenvalue weighted by Gasteiger charge is -2.05. The second-order valence-corrected chi connectivity index (χ2v) is 6.76. The van der Waals surface area contributed by atoms with E-state index in [0.717, 1.165) is 40.7 Å². The maximum absolute atomic E-state index is 5.71. The molecule has 0 radical (unpaired) electrons. The van der Waals surface area contributed by atoms with E-state index in [4.69, 9.17) is 4.74 Å². The first-order chi connectivity index (χ1) is 12.8. The summed E-state index contributed by atoms with van der Waals surface area (Å²) >= 11 is 1.54. The van der Waals surface area contributed by atoms with Crippen LogP contribution in [0.5, 0.6) is 5.75 Å². The molecule has 0 unspecified atom stereocenters. The Morgan fingerprint density at radius 3 is 2.65 bits per heavy atom. The second kappa shape index (κ2) is 9.73. The highest BCUT2D eigenvalue weighted by Crippen LogP contribution is 2.24. The Hall–Kier alpha value is -2.66. The third-order valence-electron chi connectivity index (χ3n) is 3.84. The molecule has 0 saturated heterocycles. The SMILES string of the molecule is CCCCCOc1ccc(/C=N/Nc2nc(-c3ccccc3)cs2)cc1. The zero-order valence-electron chi connectivity index (χ0n) is 14.9. The van der Waals surface area contributed by atoms with Gasteiger partial charge < -0.3 is 4.74 Å². The molecule has 134 valence electrons. The van der Waals surface area contributed by atoms with Gasteiger partial charge in [0.2, 0.25) is 5.13 Å². The van der Waals surface area contributed by atoms with Gasteiger partial charge in [0.1, 0.15) is 5.75 Å². The van der Waals surface area contributed by atoms with Gasteiger partial charge in [-0.15, -0.1) is 11.3 Å². The average molecular weight is 366 g/mol. The van der Waals surface area contributed by atoms with Gasteiger partial charge in [0.05, 0.1) is 18.5 Å². The van der Waals surface area contributed by atoms with Crippen molar-refractivity contribution in [1.29, 1.82) is 0 Å². The third-order valence-corrected chi connectivity index (χ3v) is 4.59. The fraction of sp³-hybridized carbons (Fsp3) is 0.238. The molecule has 2 aromatic carbocycles. The first-order valence-electron chi connectivity index (χ1n) is 8.88. The lowest BCUT2D eigenvalue weighted by molar-refractivity contribution is 0.306. The molecule has 0 bridgehead atoms. The van der Waals surface area contributed by atoms with Crippen LogP contribution in [0.15, 0.2) is 65.1 Å². The molecule has 0 amide bonds. The van der Waals surface area contributed by atoms with E-state index in [-0.39, 0.29) is 0 Å². The normalized spacial score (nSPS) is 11.0. The van der Waals surface area contributed by atoms with Gasteiger partial charge in [0.25, 0.3) is 0 Å². The fourth-order valence-electron chi connectivity index (χ4n) is 2.42. The molecular weight excluding hydrogens is 342 g/mol. The van der Waals surface area contributed by atoms with E-state index in [9.17, 15) is 0 Å². The molecule has 0 aliphatic carbocycles. The molecule has 5 heteroatoms. The quantitative estimate of drug-likeness (QED) is 0.295. The van der Waals surface area contributed by atoms with E-state index in [1.165, 1.54) is 24.2 Å². The van der Waals surface area contributed by atoms with E-state index >= 15 is 0 Å². The van der Waals surface area contributed by atoms with Crippen molar-refractivity contribution in [2.24, 2.45) is 5.10 Å². The third kappa shape index (κ3) is 5.43. The topological polar surface area (TPSA) is 46.5 Å². The standard InChI is InChI=1S/C21H23N3OS/c1-2-3-7-14-25-19-12-10-17(11-13-19)15-22-24-21-23-20(16-26-21)18-8-5-4-6-9-18/h4-6,8-13,15-16H,2-3,7,14H2,1H3,(H,23,24)/b22-15+. The van der Waals surface area contributed by atoms with Crippen LogP contribution in [0.4, 0.5) is 5.13 Å². The van der Waals surface area contributed by atoms with Crippen molar-refractivity contribution in [3.63, 3.8) is 0 Å². The summed E-state index contributed by atoms with van der Waals surface area (Å²) < 4.78 is 5.71. The van der Waals surface area contributed by atoms with Crippen molar-refractivity contribution < 1.29 is 4.74 Å². The Balaban J connectivity index is 1.50. The van der Waals surface area contributed by atoms with Gasteiger partial charge in [-0.25, -0.2) is 4.98 Å². The van der Waals surface area contributed by atoms with E-state index < -0.39 is 0 Å². The first kappa shape index (κ1) is 18.1. The molecule has 1 aromatic heterocycles. The molecule has 0 fully saturated rings. The van der Waals surface area contributed by atoms with Crippen LogP contribution in [-0.2, 0) is 0 Å². The van der Waals surface area contributed by atoms with E-state index in [1.54, 1.807) is 6.21 Å². The van der Waals surface area contributed by atoms with Crippen molar-refractivity contribution in [1.82, 2.24) is 4.98 Å².